The van der Waals surface area contributed by atoms with Crippen LogP contribution in [0.3, 0.4) is 0 Å². The molecule has 0 aliphatic rings. The normalized spacial score (nSPS) is 10.8. The molecule has 3 aromatic rings. The van der Waals surface area contributed by atoms with Gasteiger partial charge in [0, 0.05) is 22.0 Å². The van der Waals surface area contributed by atoms with Crippen molar-refractivity contribution in [3.8, 4) is 11.5 Å². The molecule has 0 aliphatic heterocycles. The van der Waals surface area contributed by atoms with Gasteiger partial charge in [-0.15, -0.1) is 0 Å². The van der Waals surface area contributed by atoms with Crippen molar-refractivity contribution in [2.45, 2.75) is 19.8 Å². The van der Waals surface area contributed by atoms with E-state index in [-0.39, 0.29) is 12.0 Å². The van der Waals surface area contributed by atoms with E-state index in [1.54, 1.807) is 30.3 Å². The van der Waals surface area contributed by atoms with Crippen LogP contribution in [0.4, 0.5) is 0 Å². The first kappa shape index (κ1) is 19.2. The quantitative estimate of drug-likeness (QED) is 0.409. The van der Waals surface area contributed by atoms with Crippen molar-refractivity contribution in [1.82, 2.24) is 4.98 Å². The van der Waals surface area contributed by atoms with Crippen LogP contribution < -0.4 is 0 Å². The van der Waals surface area contributed by atoms with Crippen LogP contribution in [0, 0.1) is 0 Å². The Morgan fingerprint density at radius 2 is 1.81 bits per heavy atom. The average Bonchev–Trinajstić information content (AvgIpc) is 3.04. The minimum Gasteiger partial charge on any atom is -0.436 e. The van der Waals surface area contributed by atoms with Crippen LogP contribution in [0.1, 0.15) is 30.1 Å². The number of oxazole rings is 1. The number of fused-ring (bicyclic) bond motifs is 1. The summed E-state index contributed by atoms with van der Waals surface area (Å²) in [5.41, 5.74) is 1.84. The molecular weight excluding hydrogens is 393 g/mol. The number of ether oxygens (including phenoxy) is 2. The lowest BCUT2D eigenvalue weighted by Gasteiger charge is -2.05. The van der Waals surface area contributed by atoms with E-state index in [2.05, 4.69) is 4.98 Å². The lowest BCUT2D eigenvalue weighted by atomic mass is 10.2. The lowest BCUT2D eigenvalue weighted by molar-refractivity contribution is -0.152. The van der Waals surface area contributed by atoms with E-state index < -0.39 is 18.7 Å². The Labute approximate surface area is 165 Å². The largest absolute Gasteiger partial charge is 0.436 e. The molecule has 0 saturated heterocycles. The molecule has 3 rings (SSSR count). The van der Waals surface area contributed by atoms with Crippen molar-refractivity contribution < 1.29 is 23.5 Å². The molecular formula is C19H15Cl2NO5. The van der Waals surface area contributed by atoms with Crippen LogP contribution in [-0.2, 0) is 14.3 Å². The summed E-state index contributed by atoms with van der Waals surface area (Å²) in [5.74, 6) is -0.723. The van der Waals surface area contributed by atoms with Gasteiger partial charge in [-0.05, 0) is 42.8 Å². The fraction of sp³-hybridized carbons (Fsp3) is 0.211. The Morgan fingerprint density at radius 1 is 1.07 bits per heavy atom. The number of carbonyl (C=O) groups excluding carboxylic acids is 2. The predicted molar refractivity (Wildman–Crippen MR) is 101 cm³/mol. The van der Waals surface area contributed by atoms with Gasteiger partial charge in [0.15, 0.2) is 5.58 Å². The molecule has 0 N–H and O–H groups in total. The molecule has 2 aromatic carbocycles. The zero-order valence-corrected chi connectivity index (χ0v) is 15.8. The molecule has 0 saturated carbocycles. The van der Waals surface area contributed by atoms with Crippen molar-refractivity contribution in [3.63, 3.8) is 0 Å². The number of carbonyl (C=O) groups is 2. The molecule has 27 heavy (non-hydrogen) atoms. The Bertz CT molecular complexity index is 979. The number of benzene rings is 2. The standard InChI is InChI=1S/C19H15Cl2NO5/c1-2-3-17(23)25-10-26-19(24)11-4-5-15-16(8-11)27-18(22-15)12-6-13(20)9-14(21)7-12/h4-9H,2-3,10H2,1H3. The maximum atomic E-state index is 12.1. The number of hydrogen-bond acceptors (Lipinski definition) is 6. The molecule has 0 radical (unpaired) electrons. The zero-order valence-electron chi connectivity index (χ0n) is 14.3. The molecule has 1 heterocycles. The summed E-state index contributed by atoms with van der Waals surface area (Å²) < 4.78 is 15.4. The third-order valence-electron chi connectivity index (χ3n) is 3.60. The average molecular weight is 408 g/mol. The highest BCUT2D eigenvalue weighted by Gasteiger charge is 2.14. The van der Waals surface area contributed by atoms with Crippen molar-refractivity contribution >= 4 is 46.2 Å². The highest BCUT2D eigenvalue weighted by molar-refractivity contribution is 6.35. The first-order valence-corrected chi connectivity index (χ1v) is 8.91. The van der Waals surface area contributed by atoms with Crippen molar-refractivity contribution in [2.24, 2.45) is 0 Å². The van der Waals surface area contributed by atoms with Crippen LogP contribution in [0.25, 0.3) is 22.6 Å². The molecule has 6 nitrogen and oxygen atoms in total. The van der Waals surface area contributed by atoms with Gasteiger partial charge in [-0.3, -0.25) is 4.79 Å². The Hall–Kier alpha value is -2.57. The summed E-state index contributed by atoms with van der Waals surface area (Å²) in [5, 5.41) is 0.920. The summed E-state index contributed by atoms with van der Waals surface area (Å²) in [7, 11) is 0. The first-order valence-electron chi connectivity index (χ1n) is 8.16. The van der Waals surface area contributed by atoms with Crippen LogP contribution in [0.15, 0.2) is 40.8 Å². The highest BCUT2D eigenvalue weighted by Crippen LogP contribution is 2.29. The third kappa shape index (κ3) is 4.78. The van der Waals surface area contributed by atoms with Gasteiger partial charge in [0.25, 0.3) is 0 Å². The summed E-state index contributed by atoms with van der Waals surface area (Å²) in [6, 6.07) is 9.66. The van der Waals surface area contributed by atoms with Crippen molar-refractivity contribution in [1.29, 1.82) is 0 Å². The summed E-state index contributed by atoms with van der Waals surface area (Å²) >= 11 is 12.0. The molecule has 0 atom stereocenters. The van der Waals surface area contributed by atoms with Crippen LogP contribution >= 0.6 is 23.2 Å². The van der Waals surface area contributed by atoms with E-state index in [1.807, 2.05) is 6.92 Å². The summed E-state index contributed by atoms with van der Waals surface area (Å²) in [6.45, 7) is 1.42. The molecule has 140 valence electrons. The van der Waals surface area contributed by atoms with E-state index >= 15 is 0 Å². The van der Waals surface area contributed by atoms with E-state index in [0.29, 0.717) is 39.0 Å². The second kappa shape index (κ2) is 8.41. The van der Waals surface area contributed by atoms with Gasteiger partial charge in [-0.2, -0.15) is 0 Å². The Balaban J connectivity index is 1.75. The summed E-state index contributed by atoms with van der Waals surface area (Å²) in [6.07, 6.45) is 0.937. The minimum atomic E-state index is -0.634. The number of nitrogens with zero attached hydrogens (tertiary/aromatic N) is 1. The molecule has 1 aromatic heterocycles. The van der Waals surface area contributed by atoms with Crippen molar-refractivity contribution in [2.75, 3.05) is 6.79 Å². The smallest absolute Gasteiger partial charge is 0.341 e. The molecule has 8 heteroatoms. The number of aromatic nitrogens is 1. The topological polar surface area (TPSA) is 78.6 Å². The fourth-order valence-corrected chi connectivity index (χ4v) is 2.89. The van der Waals surface area contributed by atoms with Crippen molar-refractivity contribution in [3.05, 3.63) is 52.0 Å². The van der Waals surface area contributed by atoms with E-state index in [0.717, 1.165) is 0 Å². The molecule has 0 aliphatic carbocycles. The van der Waals surface area contributed by atoms with Gasteiger partial charge in [-0.25, -0.2) is 9.78 Å². The van der Waals surface area contributed by atoms with Gasteiger partial charge in [-0.1, -0.05) is 30.1 Å². The Morgan fingerprint density at radius 3 is 2.52 bits per heavy atom. The third-order valence-corrected chi connectivity index (χ3v) is 4.03. The van der Waals surface area contributed by atoms with Crippen LogP contribution in [0.5, 0.6) is 0 Å². The monoisotopic (exact) mass is 407 g/mol. The molecule has 0 bridgehead atoms. The number of esters is 2. The van der Waals surface area contributed by atoms with E-state index in [4.69, 9.17) is 37.1 Å². The maximum absolute atomic E-state index is 12.1. The summed E-state index contributed by atoms with van der Waals surface area (Å²) in [4.78, 5) is 27.7. The number of rotatable bonds is 6. The zero-order chi connectivity index (χ0) is 19.4. The minimum absolute atomic E-state index is 0.251. The highest BCUT2D eigenvalue weighted by atomic mass is 35.5. The number of halogens is 2. The van der Waals surface area contributed by atoms with Gasteiger partial charge in [0.2, 0.25) is 12.7 Å². The maximum Gasteiger partial charge on any atom is 0.341 e. The predicted octanol–water partition coefficient (Wildman–Crippen LogP) is 5.26. The molecule has 0 spiro atoms. The molecule has 0 unspecified atom stereocenters. The second-order valence-electron chi connectivity index (χ2n) is 5.68. The van der Waals surface area contributed by atoms with Gasteiger partial charge in [0.1, 0.15) is 5.52 Å². The van der Waals surface area contributed by atoms with Gasteiger partial charge < -0.3 is 13.9 Å². The van der Waals surface area contributed by atoms with Crippen LogP contribution in [0.2, 0.25) is 10.0 Å². The first-order chi connectivity index (χ1) is 13.0. The lowest BCUT2D eigenvalue weighted by Crippen LogP contribution is -2.12. The Kier molecular flexibility index (Phi) is 5.98. The second-order valence-corrected chi connectivity index (χ2v) is 6.55. The van der Waals surface area contributed by atoms with E-state index in [9.17, 15) is 9.59 Å². The van der Waals surface area contributed by atoms with Gasteiger partial charge >= 0.3 is 11.9 Å². The van der Waals surface area contributed by atoms with E-state index in [1.165, 1.54) is 6.07 Å². The van der Waals surface area contributed by atoms with Gasteiger partial charge in [0.05, 0.1) is 5.56 Å². The number of hydrogen-bond donors (Lipinski definition) is 0. The SMILES string of the molecule is CCCC(=O)OCOC(=O)c1ccc2nc(-c3cc(Cl)cc(Cl)c3)oc2c1. The fourth-order valence-electron chi connectivity index (χ4n) is 2.36. The molecule has 0 amide bonds. The molecule has 0 fully saturated rings. The van der Waals surface area contributed by atoms with Crippen LogP contribution in [-0.4, -0.2) is 23.7 Å².